The van der Waals surface area contributed by atoms with Crippen molar-refractivity contribution in [3.63, 3.8) is 0 Å². The van der Waals surface area contributed by atoms with Crippen molar-refractivity contribution < 1.29 is 31.2 Å². The maximum atomic E-state index is 12.2. The van der Waals surface area contributed by atoms with E-state index in [1.54, 1.807) is 20.5 Å². The maximum Gasteiger partial charge on any atom is 0.345 e. The van der Waals surface area contributed by atoms with E-state index in [1.807, 2.05) is 0 Å². The zero-order valence-corrected chi connectivity index (χ0v) is 18.4. The Morgan fingerprint density at radius 2 is 0.906 bits per heavy atom. The van der Waals surface area contributed by atoms with Gasteiger partial charge in [-0.15, -0.1) is 9.66 Å². The number of hydrogen-bond acceptors (Lipinski definition) is 7. The summed E-state index contributed by atoms with van der Waals surface area (Å²) in [7, 11) is -8.34. The standard InChI is InChI=1S/C17H20N6O7S2/c1-11(24)18-13-3-7-15(8-4-13)31(27,28)22-20-17(26)21-23-32(29,30)16-9-5-14(6-10-16)19-12(2)25/h3-10,22-23H,1-2H3,(H,18,24)(H,19,25)(H2,20,21,26). The number of hydrogen-bond donors (Lipinski definition) is 6. The van der Waals surface area contributed by atoms with Gasteiger partial charge >= 0.3 is 6.03 Å². The Hall–Kier alpha value is -3.53. The molecule has 0 heterocycles. The highest BCUT2D eigenvalue weighted by atomic mass is 32.2. The van der Waals surface area contributed by atoms with Crippen LogP contribution < -0.4 is 31.1 Å². The molecule has 32 heavy (non-hydrogen) atoms. The number of nitrogens with one attached hydrogen (secondary N) is 6. The van der Waals surface area contributed by atoms with E-state index in [0.717, 1.165) is 0 Å². The van der Waals surface area contributed by atoms with Crippen LogP contribution in [-0.2, 0) is 29.6 Å². The number of rotatable bonds is 8. The third-order valence-corrected chi connectivity index (χ3v) is 6.09. The first-order valence-electron chi connectivity index (χ1n) is 8.74. The molecular weight excluding hydrogens is 464 g/mol. The average molecular weight is 485 g/mol. The molecule has 13 nitrogen and oxygen atoms in total. The first-order chi connectivity index (χ1) is 14.9. The summed E-state index contributed by atoms with van der Waals surface area (Å²) in [6.07, 6.45) is 0. The van der Waals surface area contributed by atoms with Crippen molar-refractivity contribution in [3.8, 4) is 0 Å². The molecule has 0 atom stereocenters. The Balaban J connectivity index is 1.91. The van der Waals surface area contributed by atoms with Gasteiger partial charge in [0, 0.05) is 25.2 Å². The van der Waals surface area contributed by atoms with Gasteiger partial charge in [0.2, 0.25) is 11.8 Å². The van der Waals surface area contributed by atoms with Gasteiger partial charge in [0.25, 0.3) is 20.0 Å². The molecule has 0 saturated heterocycles. The van der Waals surface area contributed by atoms with Crippen LogP contribution in [0.5, 0.6) is 0 Å². The molecule has 2 aromatic rings. The van der Waals surface area contributed by atoms with Gasteiger partial charge in [-0.25, -0.2) is 21.6 Å². The number of sulfonamides is 2. The summed E-state index contributed by atoms with van der Waals surface area (Å²) in [5.41, 5.74) is 4.33. The molecule has 4 amide bonds. The number of carbonyl (C=O) groups is 3. The van der Waals surface area contributed by atoms with Gasteiger partial charge in [0.05, 0.1) is 9.79 Å². The zero-order valence-electron chi connectivity index (χ0n) is 16.8. The quantitative estimate of drug-likeness (QED) is 0.284. The summed E-state index contributed by atoms with van der Waals surface area (Å²) in [6, 6.07) is 8.97. The van der Waals surface area contributed by atoms with Crippen molar-refractivity contribution in [1.82, 2.24) is 20.5 Å². The lowest BCUT2D eigenvalue weighted by Crippen LogP contribution is -2.52. The molecular formula is C17H20N6O7S2. The first kappa shape index (κ1) is 24.7. The molecule has 6 N–H and O–H groups in total. The molecule has 0 aliphatic rings. The molecule has 0 spiro atoms. The second-order valence-corrected chi connectivity index (χ2v) is 9.57. The molecule has 0 saturated carbocycles. The fraction of sp³-hybridized carbons (Fsp3) is 0.118. The number of amides is 4. The van der Waals surface area contributed by atoms with Crippen molar-refractivity contribution in [3.05, 3.63) is 48.5 Å². The van der Waals surface area contributed by atoms with E-state index in [4.69, 9.17) is 0 Å². The van der Waals surface area contributed by atoms with Crippen LogP contribution >= 0.6 is 0 Å². The van der Waals surface area contributed by atoms with Crippen LogP contribution in [0.2, 0.25) is 0 Å². The number of benzene rings is 2. The normalized spacial score (nSPS) is 11.3. The molecule has 0 aromatic heterocycles. The summed E-state index contributed by atoms with van der Waals surface area (Å²) in [4.78, 5) is 36.9. The molecule has 0 aliphatic carbocycles. The van der Waals surface area contributed by atoms with Crippen LogP contribution in [0.3, 0.4) is 0 Å². The van der Waals surface area contributed by atoms with Crippen molar-refractivity contribution in [2.45, 2.75) is 23.6 Å². The van der Waals surface area contributed by atoms with E-state index in [9.17, 15) is 31.2 Å². The second-order valence-electron chi connectivity index (χ2n) is 6.20. The molecule has 172 valence electrons. The predicted molar refractivity (Wildman–Crippen MR) is 114 cm³/mol. The third-order valence-electron chi connectivity index (χ3n) is 3.57. The van der Waals surface area contributed by atoms with Gasteiger partial charge in [0.15, 0.2) is 0 Å². The highest BCUT2D eigenvalue weighted by Gasteiger charge is 2.18. The highest BCUT2D eigenvalue weighted by Crippen LogP contribution is 2.14. The van der Waals surface area contributed by atoms with Crippen LogP contribution in [0.4, 0.5) is 16.2 Å². The van der Waals surface area contributed by atoms with E-state index in [1.165, 1.54) is 62.4 Å². The number of urea groups is 1. The zero-order chi connectivity index (χ0) is 23.9. The van der Waals surface area contributed by atoms with Crippen LogP contribution in [0.1, 0.15) is 13.8 Å². The van der Waals surface area contributed by atoms with Crippen molar-refractivity contribution in [2.24, 2.45) is 0 Å². The molecule has 0 fully saturated rings. The smallest absolute Gasteiger partial charge is 0.326 e. The molecule has 0 radical (unpaired) electrons. The minimum atomic E-state index is -4.17. The topological polar surface area (TPSA) is 192 Å². The number of hydrazine groups is 2. The monoisotopic (exact) mass is 484 g/mol. The minimum Gasteiger partial charge on any atom is -0.326 e. The average Bonchev–Trinajstić information content (AvgIpc) is 2.71. The van der Waals surface area contributed by atoms with Crippen molar-refractivity contribution in [2.75, 3.05) is 10.6 Å². The van der Waals surface area contributed by atoms with Gasteiger partial charge in [0.1, 0.15) is 0 Å². The summed E-state index contributed by atoms with van der Waals surface area (Å²) in [5.74, 6) is -0.661. The highest BCUT2D eigenvalue weighted by molar-refractivity contribution is 7.89. The minimum absolute atomic E-state index is 0.216. The number of anilines is 2. The molecule has 0 aliphatic heterocycles. The van der Waals surface area contributed by atoms with E-state index < -0.39 is 26.1 Å². The van der Waals surface area contributed by atoms with Crippen LogP contribution in [0.25, 0.3) is 0 Å². The van der Waals surface area contributed by atoms with Gasteiger partial charge in [-0.2, -0.15) is 0 Å². The van der Waals surface area contributed by atoms with E-state index in [-0.39, 0.29) is 21.6 Å². The maximum absolute atomic E-state index is 12.2. The summed E-state index contributed by atoms with van der Waals surface area (Å²) in [5, 5.41) is 4.94. The van der Waals surface area contributed by atoms with Crippen molar-refractivity contribution in [1.29, 1.82) is 0 Å². The number of carbonyl (C=O) groups excluding carboxylic acids is 3. The van der Waals surface area contributed by atoms with Crippen LogP contribution in [-0.4, -0.2) is 34.7 Å². The van der Waals surface area contributed by atoms with Crippen LogP contribution in [0, 0.1) is 0 Å². The fourth-order valence-corrected chi connectivity index (χ4v) is 3.90. The predicted octanol–water partition coefficient (Wildman–Crippen LogP) is -0.0106. The molecule has 0 bridgehead atoms. The molecule has 0 unspecified atom stereocenters. The Morgan fingerprint density at radius 1 is 0.594 bits per heavy atom. The van der Waals surface area contributed by atoms with E-state index >= 15 is 0 Å². The van der Waals surface area contributed by atoms with E-state index in [0.29, 0.717) is 11.4 Å². The fourth-order valence-electron chi connectivity index (χ4n) is 2.22. The largest absolute Gasteiger partial charge is 0.345 e. The molecule has 2 rings (SSSR count). The second kappa shape index (κ2) is 10.2. The van der Waals surface area contributed by atoms with Crippen molar-refractivity contribution >= 4 is 49.3 Å². The first-order valence-corrected chi connectivity index (χ1v) is 11.7. The van der Waals surface area contributed by atoms with Gasteiger partial charge in [-0.3, -0.25) is 20.4 Å². The Labute approximate surface area is 184 Å². The Kier molecular flexibility index (Phi) is 7.87. The van der Waals surface area contributed by atoms with Gasteiger partial charge in [-0.05, 0) is 48.5 Å². The van der Waals surface area contributed by atoms with Crippen LogP contribution in [0.15, 0.2) is 58.3 Å². The lowest BCUT2D eigenvalue weighted by Gasteiger charge is -2.11. The Morgan fingerprint density at radius 3 is 1.19 bits per heavy atom. The lowest BCUT2D eigenvalue weighted by atomic mass is 10.3. The summed E-state index contributed by atoms with van der Waals surface area (Å²) < 4.78 is 48.8. The Bertz CT molecular complexity index is 1120. The SMILES string of the molecule is CC(=O)Nc1ccc(S(=O)(=O)NNC(=O)NNS(=O)(=O)c2ccc(NC(C)=O)cc2)cc1. The summed E-state index contributed by atoms with van der Waals surface area (Å²) in [6.45, 7) is 2.59. The molecule has 2 aromatic carbocycles. The van der Waals surface area contributed by atoms with E-state index in [2.05, 4.69) is 10.6 Å². The lowest BCUT2D eigenvalue weighted by molar-refractivity contribution is -0.115. The third kappa shape index (κ3) is 7.31. The summed E-state index contributed by atoms with van der Waals surface area (Å²) >= 11 is 0. The molecule has 15 heteroatoms. The van der Waals surface area contributed by atoms with Gasteiger partial charge in [-0.1, -0.05) is 0 Å². The van der Waals surface area contributed by atoms with Gasteiger partial charge < -0.3 is 10.6 Å².